The maximum Gasteiger partial charge on any atom is 0.255 e. The number of likely N-dealkylation sites (N-methyl/N-ethyl adjacent to an activating group) is 2. The van der Waals surface area contributed by atoms with Crippen LogP contribution in [0.1, 0.15) is 188 Å². The summed E-state index contributed by atoms with van der Waals surface area (Å²) >= 11 is 0. The van der Waals surface area contributed by atoms with Gasteiger partial charge in [0.25, 0.3) is 11.8 Å². The van der Waals surface area contributed by atoms with Gasteiger partial charge in [0.15, 0.2) is 11.1 Å². The molecular formula is C90H120N12O8. The van der Waals surface area contributed by atoms with Gasteiger partial charge in [0, 0.05) is 38.3 Å². The van der Waals surface area contributed by atoms with E-state index >= 15 is 28.8 Å². The predicted molar refractivity (Wildman–Crippen MR) is 431 cm³/mol. The third-order valence-electron chi connectivity index (χ3n) is 24.6. The van der Waals surface area contributed by atoms with Gasteiger partial charge in [0.05, 0.1) is 12.1 Å². The first-order valence-electron chi connectivity index (χ1n) is 41.2. The molecule has 588 valence electrons. The van der Waals surface area contributed by atoms with Gasteiger partial charge in [0.1, 0.15) is 24.2 Å². The molecule has 5 aliphatic rings. The van der Waals surface area contributed by atoms with Crippen LogP contribution in [-0.4, -0.2) is 146 Å². The Balaban J connectivity index is 0.678. The Hall–Kier alpha value is -9.08. The fourth-order valence-corrected chi connectivity index (χ4v) is 18.3. The van der Waals surface area contributed by atoms with Gasteiger partial charge in [-0.2, -0.15) is 0 Å². The molecule has 8 amide bonds. The van der Waals surface area contributed by atoms with Crippen molar-refractivity contribution in [2.24, 2.45) is 23.7 Å². The van der Waals surface area contributed by atoms with Gasteiger partial charge in [-0.05, 0) is 174 Å². The number of carbonyl (C=O) groups is 8. The monoisotopic (exact) mass is 1500 g/mol. The SMILES string of the molecule is CC[C@H](NC)C(=O)N[C@@H]1C(=O)N2[C@@H](CC[C@@H]1CCNCc1ccccc1)CC[C@H]2C(=O)NC(C(=O)NCCCCC1CCC(CCCCNC(=O)C(NC(=O)[C@@H]2CC[C@@H]3CC[C@H](CCNCc4ccccc4)[C@H](NC(=O)[C@H](CC)NC)C(=O)N32)(c2ccccc2)c2ccccc2)CC1)(c1ccccc1)c1ccccc1. The molecule has 0 bridgehead atoms. The number of nitrogens with zero attached hydrogens (tertiary/aromatic N) is 2. The van der Waals surface area contributed by atoms with Crippen LogP contribution in [0.4, 0.5) is 0 Å². The molecule has 20 nitrogen and oxygen atoms in total. The lowest BCUT2D eigenvalue weighted by atomic mass is 9.78. The van der Waals surface area contributed by atoms with Crippen molar-refractivity contribution in [3.05, 3.63) is 215 Å². The van der Waals surface area contributed by atoms with E-state index in [0.717, 1.165) is 75.3 Å². The minimum atomic E-state index is -1.63. The normalized spacial score (nSPS) is 22.6. The summed E-state index contributed by atoms with van der Waals surface area (Å²) < 4.78 is 0. The molecule has 0 aromatic heterocycles. The molecular weight excluding hydrogens is 1380 g/mol. The second-order valence-electron chi connectivity index (χ2n) is 31.4. The number of amides is 8. The average molecular weight is 1500 g/mol. The van der Waals surface area contributed by atoms with Crippen molar-refractivity contribution in [1.82, 2.24) is 63.0 Å². The summed E-state index contributed by atoms with van der Waals surface area (Å²) in [4.78, 5) is 123. The quantitative estimate of drug-likeness (QED) is 0.0162. The molecule has 4 aliphatic heterocycles. The highest BCUT2D eigenvalue weighted by Gasteiger charge is 2.53. The number of unbranched alkanes of at least 4 members (excludes halogenated alkanes) is 2. The zero-order chi connectivity index (χ0) is 77.2. The van der Waals surface area contributed by atoms with Crippen LogP contribution in [0.15, 0.2) is 182 Å². The van der Waals surface area contributed by atoms with E-state index in [2.05, 4.69) is 77.4 Å². The highest BCUT2D eigenvalue weighted by molar-refractivity contribution is 6.01. The molecule has 4 saturated heterocycles. The van der Waals surface area contributed by atoms with Gasteiger partial charge in [-0.3, -0.25) is 38.4 Å². The molecule has 1 aliphatic carbocycles. The molecule has 6 aromatic carbocycles. The minimum Gasteiger partial charge on any atom is -0.353 e. The van der Waals surface area contributed by atoms with E-state index in [1.54, 1.807) is 23.9 Å². The topological polar surface area (TPSA) is 263 Å². The van der Waals surface area contributed by atoms with Gasteiger partial charge >= 0.3 is 0 Å². The molecule has 10 atom stereocenters. The number of fused-ring (bicyclic) bond motifs is 2. The van der Waals surface area contributed by atoms with Crippen LogP contribution < -0.4 is 53.2 Å². The van der Waals surface area contributed by atoms with E-state index in [0.29, 0.717) is 150 Å². The summed E-state index contributed by atoms with van der Waals surface area (Å²) in [5.74, 6) is -1.72. The van der Waals surface area contributed by atoms with Crippen molar-refractivity contribution in [1.29, 1.82) is 0 Å². The Morgan fingerprint density at radius 2 is 0.709 bits per heavy atom. The number of nitrogens with one attached hydrogen (secondary N) is 10. The zero-order valence-corrected chi connectivity index (χ0v) is 65.2. The Kier molecular flexibility index (Phi) is 30.3. The summed E-state index contributed by atoms with van der Waals surface area (Å²) in [5, 5.41) is 32.8. The lowest BCUT2D eigenvalue weighted by Gasteiger charge is -2.38. The van der Waals surface area contributed by atoms with E-state index in [1.807, 2.05) is 172 Å². The van der Waals surface area contributed by atoms with Crippen LogP contribution >= 0.6 is 0 Å². The summed E-state index contributed by atoms with van der Waals surface area (Å²) in [5.41, 5.74) is 1.46. The van der Waals surface area contributed by atoms with E-state index < -0.39 is 59.1 Å². The largest absolute Gasteiger partial charge is 0.353 e. The number of rotatable bonds is 38. The molecule has 110 heavy (non-hydrogen) atoms. The van der Waals surface area contributed by atoms with Gasteiger partial charge in [-0.15, -0.1) is 0 Å². The van der Waals surface area contributed by atoms with Crippen LogP contribution in [0.2, 0.25) is 0 Å². The Labute approximate surface area is 652 Å². The third kappa shape index (κ3) is 20.2. The first-order valence-corrected chi connectivity index (χ1v) is 41.2. The standard InChI is InChI=1S/C90H120N12O8/c1-5-75(91-3)81(103)97-79-67(55-59-93-61-65-31-13-7-14-32-65)47-49-73-51-53-77(101(73)85(79)107)83(105)99-89(69-35-17-9-18-36-69,70-37-19-10-20-38-70)87(109)95-57-27-25-29-63-43-45-64(46-44-63)30-26-28-58-96-88(110)90(71-39-21-11-22-40-71,72-41-23-12-24-42-72)100-84(106)78-54-52-74-50-48-68(56-60-94-62-66-33-15-8-16-34-66)80(86(108)102(74)78)98-82(104)76(6-2)92-4/h7-24,31-42,63-64,67-68,73-80,91-94H,5-6,25-30,43-62H2,1-4H3,(H,95,109)(H,96,110)(H,97,103)(H,98,104)(H,99,105)(H,100,106)/t63?,64?,67-,68-,73+,74+,75+,76+,77+,78+,79+,80+/m1/s1. The van der Waals surface area contributed by atoms with Gasteiger partial charge in [0.2, 0.25) is 35.4 Å². The first kappa shape index (κ1) is 81.9. The zero-order valence-electron chi connectivity index (χ0n) is 65.2. The van der Waals surface area contributed by atoms with Gasteiger partial charge < -0.3 is 63.0 Å². The number of carbonyl (C=O) groups excluding carboxylic acids is 8. The summed E-state index contributed by atoms with van der Waals surface area (Å²) in [7, 11) is 3.49. The van der Waals surface area contributed by atoms with Gasteiger partial charge in [-0.25, -0.2) is 0 Å². The Bertz CT molecular complexity index is 3570. The molecule has 0 radical (unpaired) electrons. The molecule has 5 fully saturated rings. The van der Waals surface area contributed by atoms with E-state index in [4.69, 9.17) is 0 Å². The van der Waals surface area contributed by atoms with Crippen molar-refractivity contribution in [2.45, 2.75) is 228 Å². The summed E-state index contributed by atoms with van der Waals surface area (Å²) in [6.45, 7) is 7.34. The van der Waals surface area contributed by atoms with Crippen LogP contribution in [0.3, 0.4) is 0 Å². The van der Waals surface area contributed by atoms with Gasteiger partial charge in [-0.1, -0.05) is 247 Å². The molecule has 6 aromatic rings. The molecule has 4 heterocycles. The van der Waals surface area contributed by atoms with Crippen molar-refractivity contribution in [3.8, 4) is 0 Å². The molecule has 0 spiro atoms. The predicted octanol–water partition coefficient (Wildman–Crippen LogP) is 10.4. The Morgan fingerprint density at radius 1 is 0.391 bits per heavy atom. The second kappa shape index (κ2) is 40.7. The fourth-order valence-electron chi connectivity index (χ4n) is 18.3. The summed E-state index contributed by atoms with van der Waals surface area (Å²) in [6.07, 6.45) is 17.3. The molecule has 20 heteroatoms. The van der Waals surface area contributed by atoms with Crippen LogP contribution in [-0.2, 0) is 62.5 Å². The Morgan fingerprint density at radius 3 is 1.03 bits per heavy atom. The van der Waals surface area contributed by atoms with Crippen molar-refractivity contribution in [2.75, 3.05) is 40.3 Å². The fraction of sp³-hybridized carbons (Fsp3) is 0.511. The third-order valence-corrected chi connectivity index (χ3v) is 24.6. The first-order chi connectivity index (χ1) is 53.7. The van der Waals surface area contributed by atoms with Crippen LogP contribution in [0.25, 0.3) is 0 Å². The van der Waals surface area contributed by atoms with Crippen molar-refractivity contribution >= 4 is 47.3 Å². The lowest BCUT2D eigenvalue weighted by Crippen LogP contribution is -2.62. The number of benzene rings is 6. The number of hydrogen-bond acceptors (Lipinski definition) is 12. The highest BCUT2D eigenvalue weighted by atomic mass is 16.2. The smallest absolute Gasteiger partial charge is 0.255 e. The summed E-state index contributed by atoms with van der Waals surface area (Å²) in [6, 6.07) is 53.1. The van der Waals surface area contributed by atoms with Crippen molar-refractivity contribution in [3.63, 3.8) is 0 Å². The highest BCUT2D eigenvalue weighted by Crippen LogP contribution is 2.41. The van der Waals surface area contributed by atoms with Crippen LogP contribution in [0, 0.1) is 23.7 Å². The van der Waals surface area contributed by atoms with E-state index in [1.165, 1.54) is 0 Å². The second-order valence-corrected chi connectivity index (χ2v) is 31.4. The lowest BCUT2D eigenvalue weighted by molar-refractivity contribution is -0.145. The van der Waals surface area contributed by atoms with E-state index in [-0.39, 0.29) is 59.4 Å². The molecule has 10 N–H and O–H groups in total. The molecule has 0 unspecified atom stereocenters. The maximum atomic E-state index is 15.4. The van der Waals surface area contributed by atoms with E-state index in [9.17, 15) is 9.59 Å². The molecule has 1 saturated carbocycles. The molecule has 11 rings (SSSR count). The number of hydrogen-bond donors (Lipinski definition) is 10. The van der Waals surface area contributed by atoms with Crippen LogP contribution in [0.5, 0.6) is 0 Å². The average Bonchev–Trinajstić information content (AvgIpc) is 1.72. The maximum absolute atomic E-state index is 15.4. The minimum absolute atomic E-state index is 0.163. The van der Waals surface area contributed by atoms with Crippen molar-refractivity contribution < 1.29 is 38.4 Å².